The summed E-state index contributed by atoms with van der Waals surface area (Å²) >= 11 is 0. The first-order valence-corrected chi connectivity index (χ1v) is 12.2. The van der Waals surface area contributed by atoms with Gasteiger partial charge in [0.25, 0.3) is 5.91 Å². The van der Waals surface area contributed by atoms with Crippen LogP contribution in [0.2, 0.25) is 0 Å². The standard InChI is InChI=1S/C19H28N6O4S/c1-19(2)17(26)25-14-5-6-23(12-14)9-10-30(27,28)24-7-3-13(4-8-24)21-18-20-11-15(29-19)16(25)22-18/h11,13-14H,3-10,12H2,1-2H3,(H,20,21,22)/t14-/m0/s1. The number of amides is 1. The highest BCUT2D eigenvalue weighted by atomic mass is 32.2. The Hall–Kier alpha value is -1.98. The fourth-order valence-corrected chi connectivity index (χ4v) is 6.29. The normalized spacial score (nSPS) is 34.5. The van der Waals surface area contributed by atoms with Gasteiger partial charge >= 0.3 is 0 Å². The van der Waals surface area contributed by atoms with Crippen molar-refractivity contribution in [3.8, 4) is 5.75 Å². The number of anilines is 2. The minimum Gasteiger partial charge on any atom is -0.472 e. The highest BCUT2D eigenvalue weighted by Crippen LogP contribution is 2.39. The maximum Gasteiger partial charge on any atom is 0.272 e. The second-order valence-electron chi connectivity index (χ2n) is 9.05. The quantitative estimate of drug-likeness (QED) is 0.618. The van der Waals surface area contributed by atoms with E-state index in [0.717, 1.165) is 13.0 Å². The Morgan fingerprint density at radius 2 is 1.93 bits per heavy atom. The molecular weight excluding hydrogens is 408 g/mol. The number of hydrogen-bond donors (Lipinski definition) is 1. The van der Waals surface area contributed by atoms with E-state index in [1.807, 2.05) is 0 Å². The molecule has 1 aromatic rings. The van der Waals surface area contributed by atoms with Gasteiger partial charge in [0, 0.05) is 38.8 Å². The molecule has 1 aromatic heterocycles. The third-order valence-corrected chi connectivity index (χ3v) is 8.37. The van der Waals surface area contributed by atoms with Gasteiger partial charge in [-0.05, 0) is 33.1 Å². The van der Waals surface area contributed by atoms with Crippen molar-refractivity contribution in [3.63, 3.8) is 0 Å². The molecule has 2 saturated heterocycles. The van der Waals surface area contributed by atoms with E-state index in [4.69, 9.17) is 4.74 Å². The summed E-state index contributed by atoms with van der Waals surface area (Å²) in [5.74, 6) is 1.43. The smallest absolute Gasteiger partial charge is 0.272 e. The Labute approximate surface area is 176 Å². The summed E-state index contributed by atoms with van der Waals surface area (Å²) in [5.41, 5.74) is -1.00. The van der Waals surface area contributed by atoms with E-state index < -0.39 is 15.6 Å². The number of aromatic nitrogens is 2. The summed E-state index contributed by atoms with van der Waals surface area (Å²) in [6.07, 6.45) is 3.78. The van der Waals surface area contributed by atoms with E-state index in [0.29, 0.717) is 56.5 Å². The van der Waals surface area contributed by atoms with Gasteiger partial charge in [0.15, 0.2) is 17.2 Å². The molecule has 1 unspecified atom stereocenters. The SMILES string of the molecule is CC1(C)Oc2cnc3nc2N(C1=O)[C@H]1CCN(CCS(=O)(=O)N2CCC(CC2)N3)C1. The van der Waals surface area contributed by atoms with Crippen LogP contribution in [0, 0.1) is 0 Å². The van der Waals surface area contributed by atoms with Crippen LogP contribution in [0.15, 0.2) is 6.20 Å². The lowest BCUT2D eigenvalue weighted by Gasteiger charge is -2.40. The predicted molar refractivity (Wildman–Crippen MR) is 111 cm³/mol. The van der Waals surface area contributed by atoms with Crippen LogP contribution in [0.25, 0.3) is 0 Å². The number of piperidine rings is 1. The van der Waals surface area contributed by atoms with Crippen molar-refractivity contribution in [1.82, 2.24) is 19.2 Å². The van der Waals surface area contributed by atoms with Crippen LogP contribution in [-0.2, 0) is 14.8 Å². The molecule has 0 aliphatic carbocycles. The lowest BCUT2D eigenvalue weighted by Crippen LogP contribution is -2.57. The van der Waals surface area contributed by atoms with E-state index in [1.165, 1.54) is 0 Å². The molecule has 0 radical (unpaired) electrons. The highest BCUT2D eigenvalue weighted by Gasteiger charge is 2.46. The summed E-state index contributed by atoms with van der Waals surface area (Å²) in [6, 6.07) is 0.0111. The lowest BCUT2D eigenvalue weighted by molar-refractivity contribution is -0.133. The van der Waals surface area contributed by atoms with Gasteiger partial charge in [-0.1, -0.05) is 0 Å². The molecule has 5 aliphatic heterocycles. The van der Waals surface area contributed by atoms with E-state index in [1.54, 1.807) is 29.2 Å². The molecule has 5 aliphatic rings. The molecule has 2 atom stereocenters. The zero-order valence-corrected chi connectivity index (χ0v) is 18.2. The number of ether oxygens (including phenoxy) is 1. The van der Waals surface area contributed by atoms with Crippen LogP contribution >= 0.6 is 0 Å². The van der Waals surface area contributed by atoms with Crippen molar-refractivity contribution in [3.05, 3.63) is 6.20 Å². The van der Waals surface area contributed by atoms with Gasteiger partial charge in [-0.2, -0.15) is 4.98 Å². The van der Waals surface area contributed by atoms with Crippen LogP contribution < -0.4 is 15.0 Å². The molecule has 2 fully saturated rings. The Morgan fingerprint density at radius 1 is 1.17 bits per heavy atom. The van der Waals surface area contributed by atoms with Gasteiger partial charge in [-0.3, -0.25) is 9.69 Å². The summed E-state index contributed by atoms with van der Waals surface area (Å²) in [7, 11) is -3.29. The van der Waals surface area contributed by atoms with E-state index in [9.17, 15) is 13.2 Å². The van der Waals surface area contributed by atoms with Gasteiger partial charge in [0.05, 0.1) is 18.0 Å². The molecule has 6 rings (SSSR count). The number of rotatable bonds is 0. The number of carbonyl (C=O) groups excluding carboxylic acids is 1. The molecule has 0 saturated carbocycles. The lowest BCUT2D eigenvalue weighted by atomic mass is 10.0. The third kappa shape index (κ3) is 3.42. The van der Waals surface area contributed by atoms with E-state index >= 15 is 0 Å². The average molecular weight is 437 g/mol. The van der Waals surface area contributed by atoms with E-state index in [-0.39, 0.29) is 23.7 Å². The molecule has 6 bridgehead atoms. The monoisotopic (exact) mass is 436 g/mol. The second kappa shape index (κ2) is 7.03. The second-order valence-corrected chi connectivity index (χ2v) is 11.1. The van der Waals surface area contributed by atoms with Gasteiger partial charge < -0.3 is 15.0 Å². The molecule has 6 heterocycles. The van der Waals surface area contributed by atoms with Crippen molar-refractivity contribution in [2.75, 3.05) is 48.7 Å². The fourth-order valence-electron chi connectivity index (χ4n) is 4.78. The van der Waals surface area contributed by atoms with Crippen molar-refractivity contribution >= 4 is 27.7 Å². The molecule has 1 amide bonds. The Morgan fingerprint density at radius 3 is 2.70 bits per heavy atom. The minimum absolute atomic E-state index is 0.0768. The molecule has 10 nitrogen and oxygen atoms in total. The zero-order valence-electron chi connectivity index (χ0n) is 17.4. The first-order chi connectivity index (χ1) is 14.2. The van der Waals surface area contributed by atoms with Crippen LogP contribution in [0.4, 0.5) is 11.8 Å². The number of sulfonamides is 1. The summed E-state index contributed by atoms with van der Waals surface area (Å²) in [6.45, 7) is 6.34. The molecule has 164 valence electrons. The van der Waals surface area contributed by atoms with Crippen LogP contribution in [-0.4, -0.2) is 89.7 Å². The molecule has 11 heteroatoms. The highest BCUT2D eigenvalue weighted by molar-refractivity contribution is 7.89. The van der Waals surface area contributed by atoms with E-state index in [2.05, 4.69) is 20.2 Å². The largest absolute Gasteiger partial charge is 0.472 e. The van der Waals surface area contributed by atoms with Crippen LogP contribution in [0.5, 0.6) is 5.75 Å². The first-order valence-electron chi connectivity index (χ1n) is 10.6. The topological polar surface area (TPSA) is 108 Å². The van der Waals surface area contributed by atoms with Crippen molar-refractivity contribution in [1.29, 1.82) is 0 Å². The van der Waals surface area contributed by atoms with Gasteiger partial charge in [-0.15, -0.1) is 0 Å². The number of nitrogens with one attached hydrogen (secondary N) is 1. The fraction of sp³-hybridized carbons (Fsp3) is 0.737. The maximum absolute atomic E-state index is 13.3. The summed E-state index contributed by atoms with van der Waals surface area (Å²) in [5, 5.41) is 3.33. The molecule has 0 aromatic carbocycles. The number of hydrogen-bond acceptors (Lipinski definition) is 8. The maximum atomic E-state index is 13.3. The average Bonchev–Trinajstić information content (AvgIpc) is 3.16. The predicted octanol–water partition coefficient (Wildman–Crippen LogP) is 0.275. The number of nitrogens with zero attached hydrogens (tertiary/aromatic N) is 5. The van der Waals surface area contributed by atoms with Crippen molar-refractivity contribution in [2.45, 2.75) is 50.8 Å². The number of fused-ring (bicyclic) bond motifs is 4. The zero-order chi connectivity index (χ0) is 21.1. The first kappa shape index (κ1) is 20.0. The molecule has 1 N–H and O–H groups in total. The third-order valence-electron chi connectivity index (χ3n) is 6.52. The summed E-state index contributed by atoms with van der Waals surface area (Å²) in [4.78, 5) is 26.2. The van der Waals surface area contributed by atoms with Crippen molar-refractivity contribution in [2.24, 2.45) is 0 Å². The Kier molecular flexibility index (Phi) is 4.67. The minimum atomic E-state index is -3.29. The summed E-state index contributed by atoms with van der Waals surface area (Å²) < 4.78 is 33.1. The Bertz CT molecular complexity index is 960. The molecule has 0 spiro atoms. The Balaban J connectivity index is 1.54. The molecule has 30 heavy (non-hydrogen) atoms. The number of carbonyl (C=O) groups is 1. The molecular formula is C19H28N6O4S. The van der Waals surface area contributed by atoms with Gasteiger partial charge in [0.1, 0.15) is 0 Å². The van der Waals surface area contributed by atoms with Crippen LogP contribution in [0.3, 0.4) is 0 Å². The van der Waals surface area contributed by atoms with Crippen LogP contribution in [0.1, 0.15) is 33.1 Å². The van der Waals surface area contributed by atoms with Gasteiger partial charge in [-0.25, -0.2) is 17.7 Å². The van der Waals surface area contributed by atoms with Gasteiger partial charge in [0.2, 0.25) is 16.0 Å². The van der Waals surface area contributed by atoms with Crippen molar-refractivity contribution < 1.29 is 17.9 Å².